The van der Waals surface area contributed by atoms with E-state index in [1.165, 1.54) is 5.56 Å². The number of methoxy groups -OCH3 is 1. The summed E-state index contributed by atoms with van der Waals surface area (Å²) in [4.78, 5) is 9.11. The van der Waals surface area contributed by atoms with Crippen molar-refractivity contribution in [3.8, 4) is 11.3 Å². The summed E-state index contributed by atoms with van der Waals surface area (Å²) in [6.45, 7) is 3.54. The molecule has 0 amide bonds. The van der Waals surface area contributed by atoms with Crippen molar-refractivity contribution in [2.45, 2.75) is 13.3 Å². The lowest BCUT2D eigenvalue weighted by atomic mass is 10.1. The zero-order valence-electron chi connectivity index (χ0n) is 13.4. The topological polar surface area (TPSA) is 51.5 Å². The molecule has 2 radical (unpaired) electrons. The molecule has 6 heteroatoms. The minimum Gasteiger partial charge on any atom is -0.385 e. The summed E-state index contributed by atoms with van der Waals surface area (Å²) in [5.41, 5.74) is 4.45. The molecule has 1 aromatic carbocycles. The smallest absolute Gasteiger partial charge is 0.179 e. The Bertz CT molecular complexity index is 815. The van der Waals surface area contributed by atoms with Gasteiger partial charge in [0.1, 0.15) is 7.85 Å². The SMILES string of the molecule is [B]c1cnc2c(NCCCOC)nc(-c3ccccc3C)cn12. The number of imidazole rings is 1. The number of hydrogen-bond donors (Lipinski definition) is 1. The Morgan fingerprint density at radius 3 is 2.91 bits per heavy atom. The number of aryl methyl sites for hydroxylation is 1. The van der Waals surface area contributed by atoms with Crippen molar-refractivity contribution < 1.29 is 4.74 Å². The highest BCUT2D eigenvalue weighted by molar-refractivity contribution is 6.31. The Labute approximate surface area is 137 Å². The molecule has 5 nitrogen and oxygen atoms in total. The van der Waals surface area contributed by atoms with Crippen molar-refractivity contribution in [3.05, 3.63) is 42.2 Å². The van der Waals surface area contributed by atoms with E-state index in [1.54, 1.807) is 13.3 Å². The Morgan fingerprint density at radius 1 is 1.30 bits per heavy atom. The summed E-state index contributed by atoms with van der Waals surface area (Å²) in [6.07, 6.45) is 4.48. The van der Waals surface area contributed by atoms with Gasteiger partial charge in [0.15, 0.2) is 11.5 Å². The average Bonchev–Trinajstić information content (AvgIpc) is 2.93. The van der Waals surface area contributed by atoms with E-state index in [0.29, 0.717) is 12.2 Å². The van der Waals surface area contributed by atoms with E-state index in [9.17, 15) is 0 Å². The van der Waals surface area contributed by atoms with Crippen LogP contribution in [0.5, 0.6) is 0 Å². The van der Waals surface area contributed by atoms with Crippen molar-refractivity contribution in [2.75, 3.05) is 25.6 Å². The third-order valence-electron chi connectivity index (χ3n) is 3.76. The van der Waals surface area contributed by atoms with E-state index in [-0.39, 0.29) is 0 Å². The largest absolute Gasteiger partial charge is 0.385 e. The van der Waals surface area contributed by atoms with Crippen molar-refractivity contribution in [1.82, 2.24) is 14.4 Å². The number of nitrogens with zero attached hydrogens (tertiary/aromatic N) is 3. The fraction of sp³-hybridized carbons (Fsp3) is 0.294. The van der Waals surface area contributed by atoms with Gasteiger partial charge in [-0.05, 0) is 24.5 Å². The van der Waals surface area contributed by atoms with E-state index < -0.39 is 0 Å². The van der Waals surface area contributed by atoms with Gasteiger partial charge in [-0.3, -0.25) is 0 Å². The average molecular weight is 306 g/mol. The van der Waals surface area contributed by atoms with Crippen molar-refractivity contribution >= 4 is 24.9 Å². The van der Waals surface area contributed by atoms with Crippen LogP contribution in [-0.4, -0.2) is 42.5 Å². The van der Waals surface area contributed by atoms with Crippen LogP contribution in [0, 0.1) is 6.92 Å². The maximum absolute atomic E-state index is 6.03. The third kappa shape index (κ3) is 3.22. The highest BCUT2D eigenvalue weighted by Crippen LogP contribution is 2.24. The van der Waals surface area contributed by atoms with E-state index >= 15 is 0 Å². The Morgan fingerprint density at radius 2 is 2.13 bits per heavy atom. The van der Waals surface area contributed by atoms with Crippen LogP contribution in [0.4, 0.5) is 5.82 Å². The molecule has 0 aliphatic rings. The molecule has 2 aromatic heterocycles. The minimum absolute atomic E-state index is 0.595. The summed E-state index contributed by atoms with van der Waals surface area (Å²) < 4.78 is 6.95. The Balaban J connectivity index is 2.02. The van der Waals surface area contributed by atoms with Crippen LogP contribution < -0.4 is 10.9 Å². The molecule has 3 aromatic rings. The Hall–Kier alpha value is -2.34. The molecule has 0 bridgehead atoms. The number of ether oxygens (including phenoxy) is 1. The van der Waals surface area contributed by atoms with Crippen LogP contribution >= 0.6 is 0 Å². The molecular formula is C17H19BN4O. The van der Waals surface area contributed by atoms with Gasteiger partial charge in [-0.15, -0.1) is 0 Å². The van der Waals surface area contributed by atoms with Gasteiger partial charge in [-0.25, -0.2) is 9.97 Å². The lowest BCUT2D eigenvalue weighted by Crippen LogP contribution is -2.13. The molecule has 0 fully saturated rings. The predicted octanol–water partition coefficient (Wildman–Crippen LogP) is 1.95. The monoisotopic (exact) mass is 306 g/mol. The zero-order chi connectivity index (χ0) is 16.2. The van der Waals surface area contributed by atoms with Crippen molar-refractivity contribution in [1.29, 1.82) is 0 Å². The first-order valence-electron chi connectivity index (χ1n) is 7.63. The first-order chi connectivity index (χ1) is 11.2. The number of hydrogen-bond acceptors (Lipinski definition) is 4. The zero-order valence-corrected chi connectivity index (χ0v) is 13.4. The number of anilines is 1. The molecule has 23 heavy (non-hydrogen) atoms. The standard InChI is InChI=1S/C17H19BN4O/c1-12-6-3-4-7-13(12)14-11-22-15(18)10-20-17(22)16(21-14)19-8-5-9-23-2/h3-4,6-7,10-11H,5,8-9H2,1-2H3,(H,19,21). The van der Waals surface area contributed by atoms with Gasteiger partial charge in [0, 0.05) is 38.2 Å². The second-order valence-electron chi connectivity index (χ2n) is 5.44. The number of benzene rings is 1. The summed E-state index contributed by atoms with van der Waals surface area (Å²) in [6, 6.07) is 8.17. The molecule has 0 unspecified atom stereocenters. The molecule has 2 heterocycles. The van der Waals surface area contributed by atoms with Gasteiger partial charge >= 0.3 is 0 Å². The van der Waals surface area contributed by atoms with Crippen LogP contribution in [0.1, 0.15) is 12.0 Å². The summed E-state index contributed by atoms with van der Waals surface area (Å²) >= 11 is 0. The molecule has 0 spiro atoms. The highest BCUT2D eigenvalue weighted by Gasteiger charge is 2.11. The highest BCUT2D eigenvalue weighted by atomic mass is 16.5. The molecule has 0 aliphatic heterocycles. The normalized spacial score (nSPS) is 11.0. The second-order valence-corrected chi connectivity index (χ2v) is 5.44. The first kappa shape index (κ1) is 15.6. The quantitative estimate of drug-likeness (QED) is 0.558. The molecule has 0 saturated carbocycles. The fourth-order valence-corrected chi connectivity index (χ4v) is 2.54. The van der Waals surface area contributed by atoms with Crippen LogP contribution in [-0.2, 0) is 4.74 Å². The molecule has 116 valence electrons. The van der Waals surface area contributed by atoms with Gasteiger partial charge < -0.3 is 14.5 Å². The van der Waals surface area contributed by atoms with E-state index in [2.05, 4.69) is 29.4 Å². The van der Waals surface area contributed by atoms with Crippen LogP contribution in [0.2, 0.25) is 0 Å². The van der Waals surface area contributed by atoms with E-state index in [1.807, 2.05) is 22.7 Å². The van der Waals surface area contributed by atoms with Crippen molar-refractivity contribution in [3.63, 3.8) is 0 Å². The van der Waals surface area contributed by atoms with Crippen LogP contribution in [0.25, 0.3) is 16.9 Å². The maximum Gasteiger partial charge on any atom is 0.179 e. The van der Waals surface area contributed by atoms with Gasteiger partial charge in [0.05, 0.1) is 5.69 Å². The molecule has 0 aliphatic carbocycles. The lowest BCUT2D eigenvalue weighted by Gasteiger charge is -2.12. The summed E-state index contributed by atoms with van der Waals surface area (Å²) in [5, 5.41) is 3.34. The molecule has 0 atom stereocenters. The van der Waals surface area contributed by atoms with Gasteiger partial charge in [0.25, 0.3) is 0 Å². The van der Waals surface area contributed by atoms with Crippen LogP contribution in [0.3, 0.4) is 0 Å². The first-order valence-corrected chi connectivity index (χ1v) is 7.63. The Kier molecular flexibility index (Phi) is 4.62. The number of fused-ring (bicyclic) bond motifs is 1. The second kappa shape index (κ2) is 6.83. The number of nitrogens with one attached hydrogen (secondary N) is 1. The molecule has 1 N–H and O–H groups in total. The van der Waals surface area contributed by atoms with E-state index in [0.717, 1.165) is 35.7 Å². The minimum atomic E-state index is 0.595. The third-order valence-corrected chi connectivity index (χ3v) is 3.76. The summed E-state index contributed by atoms with van der Waals surface area (Å²) in [7, 11) is 7.73. The molecule has 3 rings (SSSR count). The van der Waals surface area contributed by atoms with Crippen LogP contribution in [0.15, 0.2) is 36.7 Å². The predicted molar refractivity (Wildman–Crippen MR) is 93.5 cm³/mol. The van der Waals surface area contributed by atoms with Gasteiger partial charge in [-0.2, -0.15) is 0 Å². The lowest BCUT2D eigenvalue weighted by molar-refractivity contribution is 0.198. The van der Waals surface area contributed by atoms with Gasteiger partial charge in [-0.1, -0.05) is 24.3 Å². The molecular weight excluding hydrogens is 287 g/mol. The number of aromatic nitrogens is 3. The van der Waals surface area contributed by atoms with Gasteiger partial charge in [0.2, 0.25) is 0 Å². The maximum atomic E-state index is 6.03. The fourth-order valence-electron chi connectivity index (χ4n) is 2.54. The molecule has 0 saturated heterocycles. The summed E-state index contributed by atoms with van der Waals surface area (Å²) in [5.74, 6) is 0.735. The van der Waals surface area contributed by atoms with E-state index in [4.69, 9.17) is 17.6 Å². The van der Waals surface area contributed by atoms with Crippen molar-refractivity contribution in [2.24, 2.45) is 0 Å². The number of rotatable bonds is 6.